The first-order valence-corrected chi connectivity index (χ1v) is 9.34. The van der Waals surface area contributed by atoms with E-state index < -0.39 is 0 Å². The first-order chi connectivity index (χ1) is 12.2. The standard InChI is InChI=1S/C20H21N3OS/c21-17(24)13-7-8-14-25-20-22-18(15-9-3-1-4-10-15)19(23-20)16-11-5-2-6-12-16/h1-6,9-12H,7-8,13-14H2,(H2,21,24)(H,22,23). The van der Waals surface area contributed by atoms with Crippen molar-refractivity contribution in [3.8, 4) is 22.5 Å². The van der Waals surface area contributed by atoms with Crippen LogP contribution in [-0.2, 0) is 4.79 Å². The Morgan fingerprint density at radius 3 is 2.24 bits per heavy atom. The van der Waals surface area contributed by atoms with Gasteiger partial charge in [-0.15, -0.1) is 0 Å². The normalized spacial score (nSPS) is 10.7. The quantitative estimate of drug-likeness (QED) is 0.464. The predicted octanol–water partition coefficient (Wildman–Crippen LogP) is 4.49. The number of hydrogen-bond acceptors (Lipinski definition) is 3. The lowest BCUT2D eigenvalue weighted by atomic mass is 10.1. The van der Waals surface area contributed by atoms with E-state index in [1.807, 2.05) is 36.4 Å². The molecule has 1 heterocycles. The minimum Gasteiger partial charge on any atom is -0.370 e. The Morgan fingerprint density at radius 2 is 1.60 bits per heavy atom. The predicted molar refractivity (Wildman–Crippen MR) is 103 cm³/mol. The van der Waals surface area contributed by atoms with Crippen molar-refractivity contribution in [2.24, 2.45) is 5.73 Å². The fourth-order valence-corrected chi connectivity index (χ4v) is 3.48. The Morgan fingerprint density at radius 1 is 0.960 bits per heavy atom. The highest BCUT2D eigenvalue weighted by molar-refractivity contribution is 7.99. The molecule has 0 spiro atoms. The maximum Gasteiger partial charge on any atom is 0.217 e. The number of aromatic amines is 1. The van der Waals surface area contributed by atoms with Gasteiger partial charge in [0.25, 0.3) is 0 Å². The van der Waals surface area contributed by atoms with Gasteiger partial charge in [0, 0.05) is 23.3 Å². The molecule has 3 rings (SSSR count). The first-order valence-electron chi connectivity index (χ1n) is 8.36. The van der Waals surface area contributed by atoms with Gasteiger partial charge < -0.3 is 10.7 Å². The van der Waals surface area contributed by atoms with Crippen molar-refractivity contribution in [1.82, 2.24) is 9.97 Å². The Hall–Kier alpha value is -2.53. The molecule has 3 aromatic rings. The summed E-state index contributed by atoms with van der Waals surface area (Å²) in [5.74, 6) is 0.671. The molecule has 0 radical (unpaired) electrons. The molecule has 25 heavy (non-hydrogen) atoms. The van der Waals surface area contributed by atoms with Crippen molar-refractivity contribution < 1.29 is 4.79 Å². The molecule has 0 aliphatic heterocycles. The molecule has 128 valence electrons. The first kappa shape index (κ1) is 17.3. The Bertz CT molecular complexity index is 758. The molecule has 0 saturated heterocycles. The Balaban J connectivity index is 1.79. The molecular weight excluding hydrogens is 330 g/mol. The molecule has 0 aliphatic carbocycles. The van der Waals surface area contributed by atoms with E-state index in [4.69, 9.17) is 10.7 Å². The molecule has 1 amide bonds. The number of imidazole rings is 1. The summed E-state index contributed by atoms with van der Waals surface area (Å²) in [6, 6.07) is 20.4. The fraction of sp³-hybridized carbons (Fsp3) is 0.200. The zero-order chi connectivity index (χ0) is 17.5. The van der Waals surface area contributed by atoms with Gasteiger partial charge in [0.05, 0.1) is 11.4 Å². The third-order valence-electron chi connectivity index (χ3n) is 3.85. The number of rotatable bonds is 8. The largest absolute Gasteiger partial charge is 0.370 e. The van der Waals surface area contributed by atoms with E-state index in [1.54, 1.807) is 11.8 Å². The van der Waals surface area contributed by atoms with Crippen molar-refractivity contribution in [3.05, 3.63) is 60.7 Å². The number of benzene rings is 2. The third-order valence-corrected chi connectivity index (χ3v) is 4.81. The van der Waals surface area contributed by atoms with E-state index in [9.17, 15) is 4.79 Å². The van der Waals surface area contributed by atoms with Crippen LogP contribution < -0.4 is 5.73 Å². The minimum atomic E-state index is -0.235. The molecule has 2 aromatic carbocycles. The van der Waals surface area contributed by atoms with Crippen LogP contribution in [0.1, 0.15) is 19.3 Å². The molecule has 1 aromatic heterocycles. The number of amides is 1. The van der Waals surface area contributed by atoms with Crippen molar-refractivity contribution in [1.29, 1.82) is 0 Å². The van der Waals surface area contributed by atoms with Gasteiger partial charge in [0.2, 0.25) is 5.91 Å². The van der Waals surface area contributed by atoms with E-state index in [1.165, 1.54) is 0 Å². The summed E-state index contributed by atoms with van der Waals surface area (Å²) >= 11 is 1.68. The average molecular weight is 351 g/mol. The number of nitrogens with zero attached hydrogens (tertiary/aromatic N) is 1. The fourth-order valence-electron chi connectivity index (χ4n) is 2.61. The van der Waals surface area contributed by atoms with E-state index in [2.05, 4.69) is 29.2 Å². The van der Waals surface area contributed by atoms with E-state index >= 15 is 0 Å². The van der Waals surface area contributed by atoms with Gasteiger partial charge in [0.1, 0.15) is 0 Å². The van der Waals surface area contributed by atoms with Gasteiger partial charge in [-0.3, -0.25) is 4.79 Å². The van der Waals surface area contributed by atoms with Crippen molar-refractivity contribution in [3.63, 3.8) is 0 Å². The van der Waals surface area contributed by atoms with Gasteiger partial charge in [-0.1, -0.05) is 72.4 Å². The summed E-state index contributed by atoms with van der Waals surface area (Å²) in [6.07, 6.45) is 2.21. The van der Waals surface area contributed by atoms with Crippen LogP contribution in [0.5, 0.6) is 0 Å². The average Bonchev–Trinajstić information content (AvgIpc) is 3.07. The highest BCUT2D eigenvalue weighted by atomic mass is 32.2. The van der Waals surface area contributed by atoms with Crippen LogP contribution in [0.2, 0.25) is 0 Å². The number of carbonyl (C=O) groups excluding carboxylic acids is 1. The summed E-state index contributed by atoms with van der Waals surface area (Å²) in [7, 11) is 0. The number of thioether (sulfide) groups is 1. The minimum absolute atomic E-state index is 0.235. The Labute approximate surface area is 151 Å². The number of aromatic nitrogens is 2. The van der Waals surface area contributed by atoms with Crippen molar-refractivity contribution >= 4 is 17.7 Å². The van der Waals surface area contributed by atoms with Gasteiger partial charge in [-0.2, -0.15) is 0 Å². The number of unbranched alkanes of at least 4 members (excludes halogenated alkanes) is 1. The SMILES string of the molecule is NC(=O)CCCCSc1nc(-c2ccccc2)c(-c2ccccc2)[nH]1. The number of nitrogens with two attached hydrogens (primary N) is 1. The van der Waals surface area contributed by atoms with Crippen LogP contribution >= 0.6 is 11.8 Å². The summed E-state index contributed by atoms with van der Waals surface area (Å²) in [5, 5.41) is 0.900. The molecule has 0 saturated carbocycles. The van der Waals surface area contributed by atoms with Crippen LogP contribution in [0.15, 0.2) is 65.8 Å². The third kappa shape index (κ3) is 4.73. The summed E-state index contributed by atoms with van der Waals surface area (Å²) < 4.78 is 0. The number of hydrogen-bond donors (Lipinski definition) is 2. The lowest BCUT2D eigenvalue weighted by Gasteiger charge is -2.02. The second-order valence-corrected chi connectivity index (χ2v) is 6.85. The number of primary amides is 1. The van der Waals surface area contributed by atoms with Crippen molar-refractivity contribution in [2.75, 3.05) is 5.75 Å². The maximum atomic E-state index is 10.8. The van der Waals surface area contributed by atoms with Crippen LogP contribution in [0.3, 0.4) is 0 Å². The van der Waals surface area contributed by atoms with Gasteiger partial charge in [-0.25, -0.2) is 4.98 Å². The monoisotopic (exact) mass is 351 g/mol. The molecular formula is C20H21N3OS. The summed E-state index contributed by atoms with van der Waals surface area (Å²) in [5.41, 5.74) is 9.39. The van der Waals surface area contributed by atoms with Crippen LogP contribution in [0, 0.1) is 0 Å². The summed E-state index contributed by atoms with van der Waals surface area (Å²) in [6.45, 7) is 0. The zero-order valence-electron chi connectivity index (χ0n) is 13.9. The lowest BCUT2D eigenvalue weighted by Crippen LogP contribution is -2.09. The van der Waals surface area contributed by atoms with Gasteiger partial charge in [0.15, 0.2) is 5.16 Å². The molecule has 0 atom stereocenters. The smallest absolute Gasteiger partial charge is 0.217 e. The van der Waals surface area contributed by atoms with E-state index in [0.29, 0.717) is 6.42 Å². The van der Waals surface area contributed by atoms with Crippen LogP contribution in [0.4, 0.5) is 0 Å². The zero-order valence-corrected chi connectivity index (χ0v) is 14.8. The maximum absolute atomic E-state index is 10.8. The van der Waals surface area contributed by atoms with E-state index in [-0.39, 0.29) is 5.91 Å². The topological polar surface area (TPSA) is 71.8 Å². The van der Waals surface area contributed by atoms with Crippen LogP contribution in [-0.4, -0.2) is 21.6 Å². The lowest BCUT2D eigenvalue weighted by molar-refractivity contribution is -0.118. The molecule has 3 N–H and O–H groups in total. The number of H-pyrrole nitrogens is 1. The highest BCUT2D eigenvalue weighted by Crippen LogP contribution is 2.32. The molecule has 5 heteroatoms. The Kier molecular flexibility index (Phi) is 5.90. The second kappa shape index (κ2) is 8.53. The molecule has 0 fully saturated rings. The summed E-state index contributed by atoms with van der Waals surface area (Å²) in [4.78, 5) is 19.1. The molecule has 0 aliphatic rings. The van der Waals surface area contributed by atoms with Gasteiger partial charge in [-0.05, 0) is 12.8 Å². The second-order valence-electron chi connectivity index (χ2n) is 5.77. The van der Waals surface area contributed by atoms with Gasteiger partial charge >= 0.3 is 0 Å². The number of nitrogens with one attached hydrogen (secondary N) is 1. The number of carbonyl (C=O) groups is 1. The van der Waals surface area contributed by atoms with Crippen LogP contribution in [0.25, 0.3) is 22.5 Å². The van der Waals surface area contributed by atoms with Crippen molar-refractivity contribution in [2.45, 2.75) is 24.4 Å². The highest BCUT2D eigenvalue weighted by Gasteiger charge is 2.14. The van der Waals surface area contributed by atoms with E-state index in [0.717, 1.165) is 46.3 Å². The molecule has 4 nitrogen and oxygen atoms in total. The molecule has 0 bridgehead atoms. The molecule has 0 unspecified atom stereocenters.